The normalized spacial score (nSPS) is 18.2. The lowest BCUT2D eigenvalue weighted by molar-refractivity contribution is -0.385. The predicted molar refractivity (Wildman–Crippen MR) is 87.7 cm³/mol. The number of carbonyl (C=O) groups is 1. The first-order valence-electron chi connectivity index (χ1n) is 7.96. The summed E-state index contributed by atoms with van der Waals surface area (Å²) in [5, 5.41) is 11.3. The Hall–Kier alpha value is -2.19. The van der Waals surface area contributed by atoms with E-state index in [9.17, 15) is 14.9 Å². The smallest absolute Gasteiger partial charge is 0.343 e. The third-order valence-electron chi connectivity index (χ3n) is 4.20. The van der Waals surface area contributed by atoms with Crippen LogP contribution in [-0.4, -0.2) is 48.6 Å². The topological polar surface area (TPSA) is 108 Å². The van der Waals surface area contributed by atoms with Gasteiger partial charge in [0.1, 0.15) is 0 Å². The molecule has 1 unspecified atom stereocenters. The molecule has 24 heavy (non-hydrogen) atoms. The number of nitrogens with two attached hydrogens (primary N) is 1. The number of nitrogens with zero attached hydrogens (tertiary/aromatic N) is 2. The molecule has 2 N–H and O–H groups in total. The number of hydrogen-bond acceptors (Lipinski definition) is 7. The maximum atomic E-state index is 11.3. The molecule has 1 aliphatic heterocycles. The zero-order valence-electron chi connectivity index (χ0n) is 13.8. The Labute approximate surface area is 140 Å². The molecule has 1 aromatic carbocycles. The first-order valence-corrected chi connectivity index (χ1v) is 7.96. The van der Waals surface area contributed by atoms with Crippen LogP contribution >= 0.6 is 0 Å². The molecule has 8 heteroatoms. The van der Waals surface area contributed by atoms with Crippen LogP contribution in [0.4, 0.5) is 5.69 Å². The second kappa shape index (κ2) is 8.60. The summed E-state index contributed by atoms with van der Waals surface area (Å²) >= 11 is 0. The van der Waals surface area contributed by atoms with Crippen molar-refractivity contribution in [2.24, 2.45) is 5.73 Å². The number of ether oxygens (including phenoxy) is 2. The minimum Gasteiger partial charge on any atom is -0.475 e. The molecule has 0 radical (unpaired) electrons. The maximum Gasteiger partial charge on any atom is 0.343 e. The Balaban J connectivity index is 2.12. The van der Waals surface area contributed by atoms with Crippen molar-refractivity contribution in [1.82, 2.24) is 4.90 Å². The Kier molecular flexibility index (Phi) is 6.51. The van der Waals surface area contributed by atoms with Crippen LogP contribution in [-0.2, 0) is 16.1 Å². The van der Waals surface area contributed by atoms with Gasteiger partial charge in [0, 0.05) is 25.2 Å². The standard InChI is InChI=1S/C16H23N3O5/c1-23-16(20)11-24-15-6-5-12(8-14(15)19(21)22)10-18-7-3-2-4-13(18)9-17/h5-6,8,13H,2-4,7,9-11,17H2,1H3. The van der Waals surface area contributed by atoms with Gasteiger partial charge in [-0.3, -0.25) is 15.0 Å². The number of methoxy groups -OCH3 is 1. The van der Waals surface area contributed by atoms with Crippen LogP contribution < -0.4 is 10.5 Å². The second-order valence-electron chi connectivity index (χ2n) is 5.78. The zero-order valence-corrected chi connectivity index (χ0v) is 13.8. The fourth-order valence-corrected chi connectivity index (χ4v) is 2.89. The molecule has 1 saturated heterocycles. The minimum atomic E-state index is -0.590. The Bertz CT molecular complexity index is 593. The molecule has 1 atom stereocenters. The number of likely N-dealkylation sites (tertiary alicyclic amines) is 1. The molecule has 0 aliphatic carbocycles. The van der Waals surface area contributed by atoms with Crippen LogP contribution in [0.3, 0.4) is 0 Å². The molecule has 1 aliphatic rings. The average molecular weight is 337 g/mol. The molecular formula is C16H23N3O5. The van der Waals surface area contributed by atoms with Crippen LogP contribution in [0.2, 0.25) is 0 Å². The summed E-state index contributed by atoms with van der Waals surface area (Å²) in [6.45, 7) is 1.77. The van der Waals surface area contributed by atoms with Crippen LogP contribution in [0.1, 0.15) is 24.8 Å². The van der Waals surface area contributed by atoms with Gasteiger partial charge < -0.3 is 15.2 Å². The fraction of sp³-hybridized carbons (Fsp3) is 0.562. The molecule has 0 spiro atoms. The van der Waals surface area contributed by atoms with E-state index in [4.69, 9.17) is 10.5 Å². The summed E-state index contributed by atoms with van der Waals surface area (Å²) in [6.07, 6.45) is 3.33. The molecule has 1 aromatic rings. The summed E-state index contributed by atoms with van der Waals surface area (Å²) in [4.78, 5) is 24.2. The number of carbonyl (C=O) groups excluding carboxylic acids is 1. The number of rotatable bonds is 7. The summed E-state index contributed by atoms with van der Waals surface area (Å²) < 4.78 is 9.66. The van der Waals surface area contributed by atoms with E-state index in [1.807, 2.05) is 0 Å². The van der Waals surface area contributed by atoms with Gasteiger partial charge in [-0.1, -0.05) is 12.5 Å². The van der Waals surface area contributed by atoms with E-state index in [-0.39, 0.29) is 18.0 Å². The third-order valence-corrected chi connectivity index (χ3v) is 4.20. The van der Waals surface area contributed by atoms with Crippen molar-refractivity contribution in [2.45, 2.75) is 31.8 Å². The van der Waals surface area contributed by atoms with Crippen molar-refractivity contribution in [2.75, 3.05) is 26.8 Å². The number of nitro benzene ring substituents is 1. The van der Waals surface area contributed by atoms with Gasteiger partial charge in [-0.25, -0.2) is 4.79 Å². The molecule has 0 amide bonds. The van der Waals surface area contributed by atoms with Gasteiger partial charge in [0.2, 0.25) is 0 Å². The van der Waals surface area contributed by atoms with Crippen molar-refractivity contribution in [3.8, 4) is 5.75 Å². The largest absolute Gasteiger partial charge is 0.475 e. The highest BCUT2D eigenvalue weighted by molar-refractivity contribution is 5.71. The van der Waals surface area contributed by atoms with Crippen molar-refractivity contribution in [1.29, 1.82) is 0 Å². The third kappa shape index (κ3) is 4.65. The molecule has 0 bridgehead atoms. The highest BCUT2D eigenvalue weighted by atomic mass is 16.6. The Morgan fingerprint density at radius 2 is 2.25 bits per heavy atom. The highest BCUT2D eigenvalue weighted by Crippen LogP contribution is 2.29. The summed E-state index contributed by atoms with van der Waals surface area (Å²) in [5.41, 5.74) is 6.49. The van der Waals surface area contributed by atoms with Crippen LogP contribution in [0.15, 0.2) is 18.2 Å². The van der Waals surface area contributed by atoms with E-state index in [0.717, 1.165) is 24.9 Å². The van der Waals surface area contributed by atoms with E-state index in [2.05, 4.69) is 9.64 Å². The van der Waals surface area contributed by atoms with Crippen molar-refractivity contribution in [3.63, 3.8) is 0 Å². The summed E-state index contributed by atoms with van der Waals surface area (Å²) in [7, 11) is 1.23. The molecule has 1 heterocycles. The average Bonchev–Trinajstić information content (AvgIpc) is 2.60. The van der Waals surface area contributed by atoms with Gasteiger partial charge in [0.05, 0.1) is 12.0 Å². The van der Waals surface area contributed by atoms with Crippen LogP contribution in [0.5, 0.6) is 5.75 Å². The molecule has 0 saturated carbocycles. The van der Waals surface area contributed by atoms with Crippen molar-refractivity contribution >= 4 is 11.7 Å². The van der Waals surface area contributed by atoms with Gasteiger partial charge in [0.25, 0.3) is 0 Å². The first-order chi connectivity index (χ1) is 11.5. The molecular weight excluding hydrogens is 314 g/mol. The van der Waals surface area contributed by atoms with Gasteiger partial charge >= 0.3 is 11.7 Å². The first kappa shape index (κ1) is 18.2. The number of esters is 1. The highest BCUT2D eigenvalue weighted by Gasteiger charge is 2.23. The molecule has 132 valence electrons. The number of nitro groups is 1. The Morgan fingerprint density at radius 1 is 1.46 bits per heavy atom. The van der Waals surface area contributed by atoms with Crippen molar-refractivity contribution in [3.05, 3.63) is 33.9 Å². The lowest BCUT2D eigenvalue weighted by Gasteiger charge is -2.35. The number of hydrogen-bond donors (Lipinski definition) is 1. The quantitative estimate of drug-likeness (QED) is 0.456. The SMILES string of the molecule is COC(=O)COc1ccc(CN2CCCCC2CN)cc1[N+](=O)[O-]. The lowest BCUT2D eigenvalue weighted by atomic mass is 10.0. The Morgan fingerprint density at radius 3 is 2.92 bits per heavy atom. The lowest BCUT2D eigenvalue weighted by Crippen LogP contribution is -2.43. The van der Waals surface area contributed by atoms with E-state index >= 15 is 0 Å². The van der Waals surface area contributed by atoms with Crippen molar-refractivity contribution < 1.29 is 19.2 Å². The van der Waals surface area contributed by atoms with Crippen LogP contribution in [0.25, 0.3) is 0 Å². The number of piperidine rings is 1. The van der Waals surface area contributed by atoms with E-state index in [1.54, 1.807) is 6.07 Å². The molecule has 1 fully saturated rings. The van der Waals surface area contributed by atoms with Gasteiger partial charge in [-0.2, -0.15) is 0 Å². The summed E-state index contributed by atoms with van der Waals surface area (Å²) in [6, 6.07) is 5.11. The van der Waals surface area contributed by atoms with E-state index < -0.39 is 10.9 Å². The minimum absolute atomic E-state index is 0.0585. The van der Waals surface area contributed by atoms with E-state index in [1.165, 1.54) is 25.7 Å². The predicted octanol–water partition coefficient (Wildman–Crippen LogP) is 1.46. The van der Waals surface area contributed by atoms with Crippen LogP contribution in [0, 0.1) is 10.1 Å². The maximum absolute atomic E-state index is 11.3. The molecule has 8 nitrogen and oxygen atoms in total. The van der Waals surface area contributed by atoms with Gasteiger partial charge in [-0.05, 0) is 31.0 Å². The second-order valence-corrected chi connectivity index (χ2v) is 5.78. The van der Waals surface area contributed by atoms with Gasteiger partial charge in [-0.15, -0.1) is 0 Å². The summed E-state index contributed by atoms with van der Waals surface area (Å²) in [5.74, 6) is -0.532. The molecule has 0 aromatic heterocycles. The monoisotopic (exact) mass is 337 g/mol. The van der Waals surface area contributed by atoms with Gasteiger partial charge in [0.15, 0.2) is 12.4 Å². The zero-order chi connectivity index (χ0) is 17.5. The fourth-order valence-electron chi connectivity index (χ4n) is 2.89. The van der Waals surface area contributed by atoms with E-state index in [0.29, 0.717) is 19.1 Å². The molecule has 2 rings (SSSR count). The number of benzene rings is 1.